The van der Waals surface area contributed by atoms with Gasteiger partial charge in [-0.25, -0.2) is 0 Å². The quantitative estimate of drug-likeness (QED) is 0.449. The van der Waals surface area contributed by atoms with Crippen molar-refractivity contribution in [2.45, 2.75) is 20.8 Å². The smallest absolute Gasteiger partial charge is 0.140 e. The molecule has 0 amide bonds. The summed E-state index contributed by atoms with van der Waals surface area (Å²) in [6.45, 7) is 10.8. The van der Waals surface area contributed by atoms with Gasteiger partial charge < -0.3 is 4.74 Å². The summed E-state index contributed by atoms with van der Waals surface area (Å²) in [5.41, 5.74) is 1.20. The topological polar surface area (TPSA) is 21.6 Å². The third kappa shape index (κ3) is 7.54. The van der Waals surface area contributed by atoms with Crippen molar-refractivity contribution < 1.29 is 4.74 Å². The van der Waals surface area contributed by atoms with Crippen LogP contribution in [-0.2, 0) is 4.74 Å². The predicted octanol–water partition coefficient (Wildman–Crippen LogP) is 1.76. The summed E-state index contributed by atoms with van der Waals surface area (Å²) in [6.07, 6.45) is 0. The van der Waals surface area contributed by atoms with Crippen LogP contribution in [0.25, 0.3) is 0 Å². The molecule has 0 heterocycles. The van der Waals surface area contributed by atoms with Crippen LogP contribution in [0.15, 0.2) is 17.2 Å². The van der Waals surface area contributed by atoms with Crippen LogP contribution >= 0.6 is 0 Å². The highest BCUT2D eigenvalue weighted by Crippen LogP contribution is 1.93. The predicted molar refractivity (Wildman–Crippen MR) is 53.7 cm³/mol. The molecule has 3 heteroatoms. The molecule has 12 heavy (non-hydrogen) atoms. The number of hydrogen-bond donors (Lipinski definition) is 0. The normalized spacial score (nSPS) is 12.2. The first kappa shape index (κ1) is 11.4. The maximum absolute atomic E-state index is 5.33. The van der Waals surface area contributed by atoms with E-state index < -0.39 is 0 Å². The van der Waals surface area contributed by atoms with E-state index in [0.717, 1.165) is 12.3 Å². The Balaban J connectivity index is 3.57. The van der Waals surface area contributed by atoms with Crippen LogP contribution in [0.3, 0.4) is 0 Å². The van der Waals surface area contributed by atoms with Crippen LogP contribution < -0.4 is 0 Å². The van der Waals surface area contributed by atoms with Gasteiger partial charge in [-0.05, 0) is 18.4 Å². The number of hydrogen-bond acceptors (Lipinski definition) is 2. The molecule has 66 valence electrons. The van der Waals surface area contributed by atoms with E-state index in [1.54, 1.807) is 0 Å². The van der Waals surface area contributed by atoms with Crippen LogP contribution in [0.2, 0.25) is 0 Å². The SMILES string of the molecule is [B]C(=C)N=C(C)COCC(C)C. The number of rotatable bonds is 5. The van der Waals surface area contributed by atoms with Gasteiger partial charge in [-0.2, -0.15) is 0 Å². The second-order valence-corrected chi connectivity index (χ2v) is 3.25. The van der Waals surface area contributed by atoms with E-state index >= 15 is 0 Å². The van der Waals surface area contributed by atoms with E-state index in [2.05, 4.69) is 25.4 Å². The largest absolute Gasteiger partial charge is 0.375 e. The highest BCUT2D eigenvalue weighted by atomic mass is 16.5. The van der Waals surface area contributed by atoms with Crippen molar-refractivity contribution in [1.82, 2.24) is 0 Å². The third-order valence-corrected chi connectivity index (χ3v) is 1.10. The summed E-state index contributed by atoms with van der Waals surface area (Å²) in [7, 11) is 5.29. The van der Waals surface area contributed by atoms with Gasteiger partial charge in [0.15, 0.2) is 0 Å². The molecule has 2 radical (unpaired) electrons. The van der Waals surface area contributed by atoms with Gasteiger partial charge in [0.1, 0.15) is 7.85 Å². The number of ether oxygens (including phenoxy) is 1. The molecule has 0 fully saturated rings. The Morgan fingerprint density at radius 3 is 2.58 bits per heavy atom. The lowest BCUT2D eigenvalue weighted by atomic mass is 10.1. The first-order chi connectivity index (χ1) is 5.52. The van der Waals surface area contributed by atoms with E-state index in [0.29, 0.717) is 18.1 Å². The van der Waals surface area contributed by atoms with E-state index in [4.69, 9.17) is 12.6 Å². The monoisotopic (exact) mass is 165 g/mol. The van der Waals surface area contributed by atoms with Gasteiger partial charge in [-0.3, -0.25) is 4.99 Å². The molecule has 0 unspecified atom stereocenters. The molecule has 0 saturated carbocycles. The minimum atomic E-state index is 0.334. The van der Waals surface area contributed by atoms with E-state index in [1.807, 2.05) is 6.92 Å². The lowest BCUT2D eigenvalue weighted by Crippen LogP contribution is -2.09. The second kappa shape index (κ2) is 6.01. The highest BCUT2D eigenvalue weighted by molar-refractivity contribution is 6.21. The molecule has 0 saturated heterocycles. The van der Waals surface area contributed by atoms with Crippen LogP contribution in [0.1, 0.15) is 20.8 Å². The van der Waals surface area contributed by atoms with Gasteiger partial charge in [0.25, 0.3) is 0 Å². The molecule has 0 aliphatic carbocycles. The number of aliphatic imine (C=N–C) groups is 1. The van der Waals surface area contributed by atoms with Gasteiger partial charge in [0.2, 0.25) is 0 Å². The molecule has 0 rings (SSSR count). The Kier molecular flexibility index (Phi) is 5.72. The minimum absolute atomic E-state index is 0.334. The van der Waals surface area contributed by atoms with Crippen LogP contribution in [0.5, 0.6) is 0 Å². The Morgan fingerprint density at radius 1 is 1.58 bits per heavy atom. The fraction of sp³-hybridized carbons (Fsp3) is 0.667. The van der Waals surface area contributed by atoms with E-state index in [9.17, 15) is 0 Å². The standard InChI is InChI=1S/C9H16BNO/c1-7(2)5-12-6-8(3)11-9(4)10/h7H,4-6H2,1-3H3. The van der Waals surface area contributed by atoms with Gasteiger partial charge >= 0.3 is 0 Å². The molecule has 0 N–H and O–H groups in total. The molecular weight excluding hydrogens is 149 g/mol. The molecular formula is C9H16BNO. The highest BCUT2D eigenvalue weighted by Gasteiger charge is 1.95. The molecule has 0 aliphatic rings. The summed E-state index contributed by atoms with van der Waals surface area (Å²) in [6, 6.07) is 0. The maximum Gasteiger partial charge on any atom is 0.140 e. The fourth-order valence-corrected chi connectivity index (χ4v) is 0.720. The summed E-state index contributed by atoms with van der Waals surface area (Å²) in [5, 5.41) is 0. The average Bonchev–Trinajstić information content (AvgIpc) is 1.84. The molecule has 0 aromatic rings. The van der Waals surface area contributed by atoms with Crippen LogP contribution in [-0.4, -0.2) is 26.8 Å². The van der Waals surface area contributed by atoms with Gasteiger partial charge in [0.05, 0.1) is 6.61 Å². The van der Waals surface area contributed by atoms with Crippen molar-refractivity contribution in [3.8, 4) is 0 Å². The molecule has 0 spiro atoms. The van der Waals surface area contributed by atoms with Crippen molar-refractivity contribution in [2.24, 2.45) is 10.9 Å². The van der Waals surface area contributed by atoms with Crippen LogP contribution in [0, 0.1) is 5.92 Å². The molecule has 0 atom stereocenters. The van der Waals surface area contributed by atoms with Gasteiger partial charge in [-0.1, -0.05) is 20.4 Å². The van der Waals surface area contributed by atoms with Crippen molar-refractivity contribution in [3.63, 3.8) is 0 Å². The Morgan fingerprint density at radius 2 is 2.17 bits per heavy atom. The van der Waals surface area contributed by atoms with Crippen molar-refractivity contribution in [1.29, 1.82) is 0 Å². The zero-order valence-corrected chi connectivity index (χ0v) is 8.13. The lowest BCUT2D eigenvalue weighted by molar-refractivity contribution is 0.143. The summed E-state index contributed by atoms with van der Waals surface area (Å²) >= 11 is 0. The molecule has 0 aromatic heterocycles. The Labute approximate surface area is 76.1 Å². The summed E-state index contributed by atoms with van der Waals surface area (Å²) in [4.78, 5) is 3.95. The average molecular weight is 165 g/mol. The van der Waals surface area contributed by atoms with E-state index in [1.165, 1.54) is 0 Å². The van der Waals surface area contributed by atoms with Gasteiger partial charge in [0, 0.05) is 12.3 Å². The first-order valence-corrected chi connectivity index (χ1v) is 4.08. The lowest BCUT2D eigenvalue weighted by Gasteiger charge is -2.06. The zero-order chi connectivity index (χ0) is 9.56. The third-order valence-electron chi connectivity index (χ3n) is 1.10. The second-order valence-electron chi connectivity index (χ2n) is 3.25. The zero-order valence-electron chi connectivity index (χ0n) is 8.13. The minimum Gasteiger partial charge on any atom is -0.375 e. The fourth-order valence-electron chi connectivity index (χ4n) is 0.720. The summed E-state index contributed by atoms with van der Waals surface area (Å²) in [5.74, 6) is 0.555. The van der Waals surface area contributed by atoms with Gasteiger partial charge in [-0.15, -0.1) is 0 Å². The van der Waals surface area contributed by atoms with Crippen molar-refractivity contribution in [3.05, 3.63) is 12.2 Å². The van der Waals surface area contributed by atoms with Crippen molar-refractivity contribution in [2.75, 3.05) is 13.2 Å². The first-order valence-electron chi connectivity index (χ1n) is 4.08. The maximum atomic E-state index is 5.33. The summed E-state index contributed by atoms with van der Waals surface area (Å²) < 4.78 is 5.33. The Bertz CT molecular complexity index is 175. The Hall–Kier alpha value is -0.565. The molecule has 0 bridgehead atoms. The molecule has 2 nitrogen and oxygen atoms in total. The van der Waals surface area contributed by atoms with Crippen molar-refractivity contribution >= 4 is 13.6 Å². The van der Waals surface area contributed by atoms with E-state index in [-0.39, 0.29) is 0 Å². The number of nitrogens with zero attached hydrogens (tertiary/aromatic N) is 1. The molecule has 0 aliphatic heterocycles. The molecule has 0 aromatic carbocycles. The van der Waals surface area contributed by atoms with Crippen LogP contribution in [0.4, 0.5) is 0 Å².